The van der Waals surface area contributed by atoms with Crippen LogP contribution in [0.4, 0.5) is 0 Å². The van der Waals surface area contributed by atoms with Crippen molar-refractivity contribution in [3.8, 4) is 0 Å². The molecule has 0 aromatic carbocycles. The molecule has 0 amide bonds. The Morgan fingerprint density at radius 2 is 2.13 bits per heavy atom. The molecule has 1 aliphatic heterocycles. The number of hydrogen-bond donors (Lipinski definition) is 1. The van der Waals surface area contributed by atoms with E-state index < -0.39 is 0 Å². The van der Waals surface area contributed by atoms with Gasteiger partial charge in [0.25, 0.3) is 0 Å². The lowest BCUT2D eigenvalue weighted by atomic mass is 9.87. The van der Waals surface area contributed by atoms with E-state index in [1.54, 1.807) is 0 Å². The van der Waals surface area contributed by atoms with Gasteiger partial charge in [0.2, 0.25) is 0 Å². The van der Waals surface area contributed by atoms with Gasteiger partial charge in [-0.2, -0.15) is 0 Å². The molecular weight excluding hydrogens is 186 g/mol. The second-order valence-electron chi connectivity index (χ2n) is 5.81. The lowest BCUT2D eigenvalue weighted by molar-refractivity contribution is 0.0721. The van der Waals surface area contributed by atoms with Crippen LogP contribution in [0.25, 0.3) is 0 Å². The minimum Gasteiger partial charge on any atom is -0.377 e. The van der Waals surface area contributed by atoms with Crippen LogP contribution in [0.15, 0.2) is 0 Å². The molecule has 0 radical (unpaired) electrons. The van der Waals surface area contributed by atoms with E-state index in [1.807, 2.05) is 0 Å². The van der Waals surface area contributed by atoms with Crippen molar-refractivity contribution < 1.29 is 4.74 Å². The van der Waals surface area contributed by atoms with Gasteiger partial charge in [0, 0.05) is 12.6 Å². The fraction of sp³-hybridized carbons (Fsp3) is 1.00. The van der Waals surface area contributed by atoms with Crippen molar-refractivity contribution in [3.05, 3.63) is 0 Å². The van der Waals surface area contributed by atoms with Gasteiger partial charge in [-0.05, 0) is 37.6 Å². The van der Waals surface area contributed by atoms with Gasteiger partial charge in [-0.15, -0.1) is 0 Å². The van der Waals surface area contributed by atoms with Gasteiger partial charge in [0.1, 0.15) is 0 Å². The summed E-state index contributed by atoms with van der Waals surface area (Å²) in [6.45, 7) is 11.1. The molecule has 2 nitrogen and oxygen atoms in total. The Kier molecular flexibility index (Phi) is 5.07. The van der Waals surface area contributed by atoms with Crippen molar-refractivity contribution in [1.29, 1.82) is 0 Å². The van der Waals surface area contributed by atoms with E-state index in [0.29, 0.717) is 17.6 Å². The predicted octanol–water partition coefficient (Wildman–Crippen LogP) is 2.97. The molecule has 1 saturated heterocycles. The molecule has 1 fully saturated rings. The quantitative estimate of drug-likeness (QED) is 0.758. The number of nitrogens with one attached hydrogen (secondary N) is 1. The monoisotopic (exact) mass is 213 g/mol. The largest absolute Gasteiger partial charge is 0.377 e. The van der Waals surface area contributed by atoms with Crippen LogP contribution in [0.3, 0.4) is 0 Å². The summed E-state index contributed by atoms with van der Waals surface area (Å²) in [4.78, 5) is 0. The fourth-order valence-corrected chi connectivity index (χ4v) is 2.19. The Balaban J connectivity index is 2.35. The molecule has 1 N–H and O–H groups in total. The number of hydrogen-bond acceptors (Lipinski definition) is 2. The Hall–Kier alpha value is -0.0800. The van der Waals surface area contributed by atoms with E-state index >= 15 is 0 Å². The third kappa shape index (κ3) is 4.98. The number of ether oxygens (including phenoxy) is 1. The summed E-state index contributed by atoms with van der Waals surface area (Å²) in [5, 5.41) is 3.57. The van der Waals surface area contributed by atoms with Crippen LogP contribution >= 0.6 is 0 Å². The van der Waals surface area contributed by atoms with Crippen molar-refractivity contribution in [2.24, 2.45) is 5.41 Å². The third-order valence-electron chi connectivity index (χ3n) is 3.09. The van der Waals surface area contributed by atoms with Crippen LogP contribution < -0.4 is 5.32 Å². The van der Waals surface area contributed by atoms with Gasteiger partial charge in [0.05, 0.1) is 6.10 Å². The molecule has 0 saturated carbocycles. The predicted molar refractivity (Wildman–Crippen MR) is 65.1 cm³/mol. The zero-order chi connectivity index (χ0) is 11.3. The number of rotatable bonds is 5. The van der Waals surface area contributed by atoms with E-state index in [4.69, 9.17) is 4.74 Å². The van der Waals surface area contributed by atoms with Crippen LogP contribution in [0.5, 0.6) is 0 Å². The highest BCUT2D eigenvalue weighted by Crippen LogP contribution is 2.25. The van der Waals surface area contributed by atoms with Gasteiger partial charge >= 0.3 is 0 Å². The first-order valence-corrected chi connectivity index (χ1v) is 6.38. The van der Waals surface area contributed by atoms with Crippen molar-refractivity contribution in [2.45, 2.75) is 65.5 Å². The maximum Gasteiger partial charge on any atom is 0.0728 e. The highest BCUT2D eigenvalue weighted by Gasteiger charge is 2.26. The van der Waals surface area contributed by atoms with Gasteiger partial charge < -0.3 is 10.1 Å². The van der Waals surface area contributed by atoms with E-state index in [1.165, 1.54) is 25.7 Å². The molecule has 0 bridgehead atoms. The molecule has 0 aromatic rings. The molecular formula is C13H27NO. The summed E-state index contributed by atoms with van der Waals surface area (Å²) in [6, 6.07) is 0.566. The van der Waals surface area contributed by atoms with E-state index in [-0.39, 0.29) is 0 Å². The summed E-state index contributed by atoms with van der Waals surface area (Å²) in [6.07, 6.45) is 5.45. The summed E-state index contributed by atoms with van der Waals surface area (Å²) >= 11 is 0. The van der Waals surface area contributed by atoms with Gasteiger partial charge in [0.15, 0.2) is 0 Å². The van der Waals surface area contributed by atoms with Crippen LogP contribution in [0.1, 0.15) is 53.4 Å². The molecule has 0 spiro atoms. The molecule has 2 heteroatoms. The van der Waals surface area contributed by atoms with Crippen molar-refractivity contribution >= 4 is 0 Å². The SMILES string of the molecule is CCNC(CCC(C)(C)C)C1CCCO1. The molecule has 15 heavy (non-hydrogen) atoms. The topological polar surface area (TPSA) is 21.3 Å². The van der Waals surface area contributed by atoms with Crippen molar-refractivity contribution in [2.75, 3.05) is 13.2 Å². The standard InChI is InChI=1S/C13H27NO/c1-5-14-11(8-9-13(2,3)4)12-7-6-10-15-12/h11-12,14H,5-10H2,1-4H3. The fourth-order valence-electron chi connectivity index (χ4n) is 2.19. The molecule has 1 aliphatic rings. The Bertz CT molecular complexity index is 168. The Morgan fingerprint density at radius 1 is 1.40 bits per heavy atom. The molecule has 0 aromatic heterocycles. The van der Waals surface area contributed by atoms with E-state index in [9.17, 15) is 0 Å². The number of likely N-dealkylation sites (N-methyl/N-ethyl adjacent to an activating group) is 1. The van der Waals surface area contributed by atoms with Crippen LogP contribution in [0, 0.1) is 5.41 Å². The zero-order valence-electron chi connectivity index (χ0n) is 10.8. The molecule has 0 aliphatic carbocycles. The van der Waals surface area contributed by atoms with Gasteiger partial charge in [-0.3, -0.25) is 0 Å². The van der Waals surface area contributed by atoms with Crippen LogP contribution in [-0.4, -0.2) is 25.3 Å². The van der Waals surface area contributed by atoms with Crippen molar-refractivity contribution in [1.82, 2.24) is 5.32 Å². The highest BCUT2D eigenvalue weighted by atomic mass is 16.5. The summed E-state index contributed by atoms with van der Waals surface area (Å²) in [7, 11) is 0. The van der Waals surface area contributed by atoms with Gasteiger partial charge in [-0.25, -0.2) is 0 Å². The Morgan fingerprint density at radius 3 is 2.60 bits per heavy atom. The minimum absolute atomic E-state index is 0.437. The lowest BCUT2D eigenvalue weighted by Crippen LogP contribution is -2.40. The summed E-state index contributed by atoms with van der Waals surface area (Å²) < 4.78 is 5.77. The highest BCUT2D eigenvalue weighted by molar-refractivity contribution is 4.81. The minimum atomic E-state index is 0.437. The third-order valence-corrected chi connectivity index (χ3v) is 3.09. The smallest absolute Gasteiger partial charge is 0.0728 e. The molecule has 1 rings (SSSR count). The van der Waals surface area contributed by atoms with E-state index in [0.717, 1.165) is 13.2 Å². The average Bonchev–Trinajstić information content (AvgIpc) is 2.63. The maximum atomic E-state index is 5.77. The van der Waals surface area contributed by atoms with E-state index in [2.05, 4.69) is 33.0 Å². The molecule has 1 heterocycles. The second kappa shape index (κ2) is 5.86. The van der Waals surface area contributed by atoms with Gasteiger partial charge in [-0.1, -0.05) is 27.7 Å². The Labute approximate surface area is 94.8 Å². The first-order chi connectivity index (χ1) is 7.03. The normalized spacial score (nSPS) is 24.4. The molecule has 2 atom stereocenters. The summed E-state index contributed by atoms with van der Waals surface area (Å²) in [5.74, 6) is 0. The van der Waals surface area contributed by atoms with Crippen LogP contribution in [-0.2, 0) is 4.74 Å². The summed E-state index contributed by atoms with van der Waals surface area (Å²) in [5.41, 5.74) is 0.437. The second-order valence-corrected chi connectivity index (χ2v) is 5.81. The zero-order valence-corrected chi connectivity index (χ0v) is 10.8. The molecule has 2 unspecified atom stereocenters. The first-order valence-electron chi connectivity index (χ1n) is 6.38. The average molecular weight is 213 g/mol. The lowest BCUT2D eigenvalue weighted by Gasteiger charge is -2.27. The molecule has 90 valence electrons. The first kappa shape index (κ1) is 13.0. The van der Waals surface area contributed by atoms with Crippen molar-refractivity contribution in [3.63, 3.8) is 0 Å². The maximum absolute atomic E-state index is 5.77. The van der Waals surface area contributed by atoms with Crippen LogP contribution in [0.2, 0.25) is 0 Å².